The first-order chi connectivity index (χ1) is 12.8. The maximum Gasteiger partial charge on any atom is 0.261 e. The number of nitrogens with one attached hydrogen (secondary N) is 1. The zero-order valence-electron chi connectivity index (χ0n) is 15.9. The molecule has 3 fully saturated rings. The van der Waals surface area contributed by atoms with Gasteiger partial charge in [-0.25, -0.2) is 8.78 Å². The molecule has 0 bridgehead atoms. The molecule has 3 N–H and O–H groups in total. The predicted molar refractivity (Wildman–Crippen MR) is 104 cm³/mol. The number of amides is 1. The van der Waals surface area contributed by atoms with Gasteiger partial charge in [0.05, 0.1) is 4.88 Å². The van der Waals surface area contributed by atoms with Crippen LogP contribution in [0.4, 0.5) is 8.78 Å². The number of hydrogen-bond acceptors (Lipinski definition) is 4. The van der Waals surface area contributed by atoms with Crippen molar-refractivity contribution in [2.45, 2.75) is 82.2 Å². The van der Waals surface area contributed by atoms with Crippen LogP contribution in [0.15, 0.2) is 6.07 Å². The largest absolute Gasteiger partial charge is 0.381 e. The van der Waals surface area contributed by atoms with Gasteiger partial charge in [-0.1, -0.05) is 0 Å². The molecule has 4 rings (SSSR count). The van der Waals surface area contributed by atoms with Crippen molar-refractivity contribution in [2.24, 2.45) is 5.73 Å². The van der Waals surface area contributed by atoms with Gasteiger partial charge >= 0.3 is 0 Å². The van der Waals surface area contributed by atoms with Crippen molar-refractivity contribution >= 4 is 17.2 Å². The van der Waals surface area contributed by atoms with Crippen LogP contribution in [0.2, 0.25) is 0 Å². The van der Waals surface area contributed by atoms with Crippen LogP contribution in [0.1, 0.15) is 77.4 Å². The molecule has 0 radical (unpaired) electrons. The smallest absolute Gasteiger partial charge is 0.261 e. The molecule has 7 heteroatoms. The molecular weight excluding hydrogens is 370 g/mol. The normalized spacial score (nSPS) is 23.4. The lowest BCUT2D eigenvalue weighted by Gasteiger charge is -2.28. The molecule has 1 saturated heterocycles. The number of thiophene rings is 1. The Labute approximate surface area is 163 Å². The summed E-state index contributed by atoms with van der Waals surface area (Å²) in [4.78, 5) is 14.1. The minimum Gasteiger partial charge on any atom is -0.381 e. The maximum absolute atomic E-state index is 13.1. The van der Waals surface area contributed by atoms with E-state index < -0.39 is 5.92 Å². The number of hydrogen-bond donors (Lipinski definition) is 2. The standard InChI is InChI=1S/C15H19F2NOS.C5H11NO/c1-9-12(10-2-3-10)8-13(20-9)14(19)18-11-4-6-15(16,17)7-5-11;6-5-1-3-7-4-2-5/h8,10-11H,2-7H2,1H3,(H,18,19);5H,1-4,6H2. The van der Waals surface area contributed by atoms with Crippen molar-refractivity contribution in [1.82, 2.24) is 5.32 Å². The van der Waals surface area contributed by atoms with Gasteiger partial charge in [0.25, 0.3) is 5.91 Å². The number of halogens is 2. The van der Waals surface area contributed by atoms with Gasteiger partial charge in [-0.2, -0.15) is 0 Å². The highest BCUT2D eigenvalue weighted by atomic mass is 32.1. The van der Waals surface area contributed by atoms with Crippen LogP contribution in [0, 0.1) is 6.92 Å². The Kier molecular flexibility index (Phi) is 6.87. The minimum atomic E-state index is -2.54. The zero-order chi connectivity index (χ0) is 19.4. The van der Waals surface area contributed by atoms with E-state index in [1.807, 2.05) is 6.07 Å². The molecule has 1 aromatic heterocycles. The van der Waals surface area contributed by atoms with Crippen molar-refractivity contribution in [3.63, 3.8) is 0 Å². The number of carbonyl (C=O) groups excluding carboxylic acids is 1. The fraction of sp³-hybridized carbons (Fsp3) is 0.750. The van der Waals surface area contributed by atoms with Crippen LogP contribution in [0.5, 0.6) is 0 Å². The first kappa shape index (κ1) is 20.7. The van der Waals surface area contributed by atoms with Crippen molar-refractivity contribution in [3.8, 4) is 0 Å². The Morgan fingerprint density at radius 3 is 2.33 bits per heavy atom. The monoisotopic (exact) mass is 400 g/mol. The van der Waals surface area contributed by atoms with Crippen molar-refractivity contribution in [3.05, 3.63) is 21.4 Å². The predicted octanol–water partition coefficient (Wildman–Crippen LogP) is 4.37. The molecule has 1 aromatic rings. The lowest BCUT2D eigenvalue weighted by molar-refractivity contribution is -0.0399. The van der Waals surface area contributed by atoms with E-state index in [2.05, 4.69) is 12.2 Å². The quantitative estimate of drug-likeness (QED) is 0.792. The molecule has 0 unspecified atom stereocenters. The van der Waals surface area contributed by atoms with Gasteiger partial charge in [0.2, 0.25) is 5.92 Å². The van der Waals surface area contributed by atoms with E-state index >= 15 is 0 Å². The Morgan fingerprint density at radius 1 is 1.19 bits per heavy atom. The molecule has 1 aliphatic heterocycles. The van der Waals surface area contributed by atoms with E-state index in [9.17, 15) is 13.6 Å². The Morgan fingerprint density at radius 2 is 1.81 bits per heavy atom. The summed E-state index contributed by atoms with van der Waals surface area (Å²) in [6, 6.07) is 2.30. The van der Waals surface area contributed by atoms with Gasteiger partial charge in [-0.15, -0.1) is 11.3 Å². The van der Waals surface area contributed by atoms with E-state index in [4.69, 9.17) is 10.5 Å². The Balaban J connectivity index is 0.000000253. The highest BCUT2D eigenvalue weighted by Crippen LogP contribution is 2.44. The van der Waals surface area contributed by atoms with Crippen LogP contribution >= 0.6 is 11.3 Å². The molecule has 152 valence electrons. The van der Waals surface area contributed by atoms with Crippen molar-refractivity contribution in [2.75, 3.05) is 13.2 Å². The number of nitrogens with two attached hydrogens (primary N) is 1. The van der Waals surface area contributed by atoms with E-state index in [0.29, 0.717) is 24.8 Å². The zero-order valence-corrected chi connectivity index (χ0v) is 16.8. The summed E-state index contributed by atoms with van der Waals surface area (Å²) >= 11 is 1.52. The Hall–Kier alpha value is -1.05. The number of ether oxygens (including phenoxy) is 1. The summed E-state index contributed by atoms with van der Waals surface area (Å²) in [5, 5.41) is 2.91. The summed E-state index contributed by atoms with van der Waals surface area (Å²) < 4.78 is 31.2. The first-order valence-electron chi connectivity index (χ1n) is 9.96. The third-order valence-electron chi connectivity index (χ3n) is 5.52. The second kappa shape index (κ2) is 8.97. The average Bonchev–Trinajstić information content (AvgIpc) is 3.40. The number of alkyl halides is 2. The van der Waals surface area contributed by atoms with Crippen molar-refractivity contribution < 1.29 is 18.3 Å². The van der Waals surface area contributed by atoms with Gasteiger partial charge in [-0.05, 0) is 63.0 Å². The summed E-state index contributed by atoms with van der Waals surface area (Å²) in [6.45, 7) is 3.78. The van der Waals surface area contributed by atoms with E-state index in [1.54, 1.807) is 0 Å². The molecule has 2 saturated carbocycles. The fourth-order valence-electron chi connectivity index (χ4n) is 3.56. The second-order valence-corrected chi connectivity index (χ2v) is 9.21. The van der Waals surface area contributed by atoms with Crippen LogP contribution < -0.4 is 11.1 Å². The van der Waals surface area contributed by atoms with Gasteiger partial charge in [0.1, 0.15) is 0 Å². The third-order valence-corrected chi connectivity index (χ3v) is 6.58. The van der Waals surface area contributed by atoms with E-state index in [1.165, 1.54) is 34.6 Å². The van der Waals surface area contributed by atoms with Crippen LogP contribution in [0.25, 0.3) is 0 Å². The fourth-order valence-corrected chi connectivity index (χ4v) is 4.58. The lowest BCUT2D eigenvalue weighted by Crippen LogP contribution is -2.40. The average molecular weight is 401 g/mol. The van der Waals surface area contributed by atoms with Gasteiger partial charge < -0.3 is 15.8 Å². The van der Waals surface area contributed by atoms with Crippen LogP contribution in [-0.4, -0.2) is 37.1 Å². The summed E-state index contributed by atoms with van der Waals surface area (Å²) in [7, 11) is 0. The van der Waals surface area contributed by atoms with E-state index in [0.717, 1.165) is 30.9 Å². The molecule has 2 heterocycles. The molecular formula is C20H30F2N2O2S. The molecule has 0 spiro atoms. The first-order valence-corrected chi connectivity index (χ1v) is 10.8. The summed E-state index contributed by atoms with van der Waals surface area (Å²) in [6.07, 6.45) is 5.04. The highest BCUT2D eigenvalue weighted by Gasteiger charge is 2.35. The van der Waals surface area contributed by atoms with Gasteiger partial charge in [0.15, 0.2) is 0 Å². The van der Waals surface area contributed by atoms with E-state index in [-0.39, 0.29) is 24.8 Å². The third kappa shape index (κ3) is 6.22. The van der Waals surface area contributed by atoms with Crippen LogP contribution in [0.3, 0.4) is 0 Å². The second-order valence-electron chi connectivity index (χ2n) is 7.95. The lowest BCUT2D eigenvalue weighted by atomic mass is 9.92. The number of rotatable bonds is 3. The number of carbonyl (C=O) groups is 1. The molecule has 3 aliphatic rings. The molecule has 1 amide bonds. The van der Waals surface area contributed by atoms with Gasteiger partial charge in [-0.3, -0.25) is 4.79 Å². The molecule has 2 aliphatic carbocycles. The molecule has 0 atom stereocenters. The number of aryl methyl sites for hydroxylation is 1. The van der Waals surface area contributed by atoms with Crippen molar-refractivity contribution in [1.29, 1.82) is 0 Å². The molecule has 0 aromatic carbocycles. The maximum atomic E-state index is 13.1. The molecule has 4 nitrogen and oxygen atoms in total. The SMILES string of the molecule is Cc1sc(C(=O)NC2CCC(F)(F)CC2)cc1C1CC1.NC1CCOCC1. The minimum absolute atomic E-state index is 0.0970. The van der Waals surface area contributed by atoms with Crippen LogP contribution in [-0.2, 0) is 4.74 Å². The topological polar surface area (TPSA) is 64.4 Å². The Bertz CT molecular complexity index is 630. The summed E-state index contributed by atoms with van der Waals surface area (Å²) in [5.74, 6) is -2.00. The van der Waals surface area contributed by atoms with Gasteiger partial charge in [0, 0.05) is 43.0 Å². The highest BCUT2D eigenvalue weighted by molar-refractivity contribution is 7.14. The molecule has 27 heavy (non-hydrogen) atoms. The summed E-state index contributed by atoms with van der Waals surface area (Å²) in [5.41, 5.74) is 6.86.